The quantitative estimate of drug-likeness (QED) is 0.896. The largest absolute Gasteiger partial charge is 0.310 e. The summed E-state index contributed by atoms with van der Waals surface area (Å²) in [6, 6.07) is 11.5. The van der Waals surface area contributed by atoms with Crippen LogP contribution in [0.2, 0.25) is 0 Å². The van der Waals surface area contributed by atoms with E-state index in [4.69, 9.17) is 0 Å². The van der Waals surface area contributed by atoms with Crippen LogP contribution in [0.4, 0.5) is 0 Å². The number of pyridine rings is 1. The SMILES string of the molecule is C1=C(c2cncc([C@@H]3CCCN3)c2)c2ccccc2C1. The van der Waals surface area contributed by atoms with E-state index in [1.807, 2.05) is 12.4 Å². The zero-order valence-corrected chi connectivity index (χ0v) is 11.5. The van der Waals surface area contributed by atoms with Gasteiger partial charge in [-0.1, -0.05) is 30.3 Å². The number of rotatable bonds is 2. The first-order valence-corrected chi connectivity index (χ1v) is 7.39. The number of aromatic nitrogens is 1. The molecule has 0 radical (unpaired) electrons. The monoisotopic (exact) mass is 262 g/mol. The van der Waals surface area contributed by atoms with Crippen molar-refractivity contribution < 1.29 is 0 Å². The number of allylic oxidation sites excluding steroid dienone is 1. The van der Waals surface area contributed by atoms with Gasteiger partial charge in [0.1, 0.15) is 0 Å². The summed E-state index contributed by atoms with van der Waals surface area (Å²) in [6.45, 7) is 1.13. The van der Waals surface area contributed by atoms with Crippen LogP contribution in [0.25, 0.3) is 5.57 Å². The number of hydrogen-bond acceptors (Lipinski definition) is 2. The second-order valence-corrected chi connectivity index (χ2v) is 5.63. The Morgan fingerprint density at radius 1 is 1.15 bits per heavy atom. The Morgan fingerprint density at radius 3 is 3.00 bits per heavy atom. The highest BCUT2D eigenvalue weighted by Crippen LogP contribution is 2.33. The first kappa shape index (κ1) is 11.9. The minimum absolute atomic E-state index is 0.486. The van der Waals surface area contributed by atoms with Gasteiger partial charge in [0.2, 0.25) is 0 Å². The minimum atomic E-state index is 0.486. The molecule has 2 aliphatic rings. The molecule has 1 aliphatic heterocycles. The number of fused-ring (bicyclic) bond motifs is 1. The zero-order valence-electron chi connectivity index (χ0n) is 11.5. The summed E-state index contributed by atoms with van der Waals surface area (Å²) in [5.41, 5.74) is 6.71. The van der Waals surface area contributed by atoms with Crippen LogP contribution in [0.5, 0.6) is 0 Å². The molecule has 2 heteroatoms. The smallest absolute Gasteiger partial charge is 0.0346 e. The number of nitrogens with one attached hydrogen (secondary N) is 1. The van der Waals surface area contributed by atoms with Gasteiger partial charge < -0.3 is 5.32 Å². The van der Waals surface area contributed by atoms with Gasteiger partial charge in [0, 0.05) is 24.0 Å². The Bertz CT molecular complexity index is 667. The van der Waals surface area contributed by atoms with Crippen molar-refractivity contribution in [3.8, 4) is 0 Å². The molecule has 1 aromatic carbocycles. The predicted molar refractivity (Wildman–Crippen MR) is 81.4 cm³/mol. The summed E-state index contributed by atoms with van der Waals surface area (Å²) in [4.78, 5) is 4.47. The lowest BCUT2D eigenvalue weighted by molar-refractivity contribution is 0.645. The van der Waals surface area contributed by atoms with Gasteiger partial charge in [0.25, 0.3) is 0 Å². The highest BCUT2D eigenvalue weighted by atomic mass is 14.9. The van der Waals surface area contributed by atoms with Crippen molar-refractivity contribution in [3.63, 3.8) is 0 Å². The number of hydrogen-bond donors (Lipinski definition) is 1. The molecule has 0 saturated carbocycles. The Balaban J connectivity index is 1.71. The summed E-state index contributed by atoms with van der Waals surface area (Å²) >= 11 is 0. The molecule has 1 fully saturated rings. The van der Waals surface area contributed by atoms with E-state index in [1.165, 1.54) is 40.7 Å². The van der Waals surface area contributed by atoms with Crippen LogP contribution in [-0.2, 0) is 6.42 Å². The lowest BCUT2D eigenvalue weighted by atomic mass is 9.98. The summed E-state index contributed by atoms with van der Waals surface area (Å²) in [7, 11) is 0. The Kier molecular flexibility index (Phi) is 2.89. The molecule has 0 amide bonds. The molecule has 0 bridgehead atoms. The fraction of sp³-hybridized carbons (Fsp3) is 0.278. The molecule has 20 heavy (non-hydrogen) atoms. The van der Waals surface area contributed by atoms with E-state index in [0.717, 1.165) is 13.0 Å². The Hall–Kier alpha value is -1.93. The topological polar surface area (TPSA) is 24.9 Å². The maximum atomic E-state index is 4.47. The third kappa shape index (κ3) is 1.97. The van der Waals surface area contributed by atoms with E-state index in [0.29, 0.717) is 6.04 Å². The second-order valence-electron chi connectivity index (χ2n) is 5.63. The van der Waals surface area contributed by atoms with Crippen molar-refractivity contribution in [1.82, 2.24) is 10.3 Å². The zero-order chi connectivity index (χ0) is 13.4. The fourth-order valence-electron chi connectivity index (χ4n) is 3.32. The van der Waals surface area contributed by atoms with E-state index in [9.17, 15) is 0 Å². The lowest BCUT2D eigenvalue weighted by Gasteiger charge is -2.12. The molecule has 1 N–H and O–H groups in total. The molecule has 0 unspecified atom stereocenters. The van der Waals surface area contributed by atoms with Gasteiger partial charge in [-0.3, -0.25) is 4.98 Å². The Morgan fingerprint density at radius 2 is 2.10 bits per heavy atom. The number of nitrogens with zero attached hydrogens (tertiary/aromatic N) is 1. The second kappa shape index (κ2) is 4.88. The van der Waals surface area contributed by atoms with Crippen molar-refractivity contribution in [2.75, 3.05) is 6.54 Å². The van der Waals surface area contributed by atoms with Crippen molar-refractivity contribution >= 4 is 5.57 Å². The molecular weight excluding hydrogens is 244 g/mol. The molecule has 2 heterocycles. The van der Waals surface area contributed by atoms with Crippen LogP contribution in [-0.4, -0.2) is 11.5 Å². The van der Waals surface area contributed by atoms with Gasteiger partial charge in [-0.2, -0.15) is 0 Å². The molecule has 0 spiro atoms. The maximum absolute atomic E-state index is 4.47. The summed E-state index contributed by atoms with van der Waals surface area (Å²) in [6.07, 6.45) is 9.85. The van der Waals surface area contributed by atoms with E-state index in [1.54, 1.807) is 0 Å². The van der Waals surface area contributed by atoms with E-state index in [-0.39, 0.29) is 0 Å². The molecule has 2 nitrogen and oxygen atoms in total. The minimum Gasteiger partial charge on any atom is -0.310 e. The number of benzene rings is 1. The van der Waals surface area contributed by atoms with Gasteiger partial charge in [0.05, 0.1) is 0 Å². The van der Waals surface area contributed by atoms with Crippen LogP contribution < -0.4 is 5.32 Å². The fourth-order valence-corrected chi connectivity index (χ4v) is 3.32. The van der Waals surface area contributed by atoms with Crippen LogP contribution in [0, 0.1) is 0 Å². The van der Waals surface area contributed by atoms with Gasteiger partial charge in [-0.05, 0) is 54.1 Å². The maximum Gasteiger partial charge on any atom is 0.0346 e. The normalized spacial score (nSPS) is 20.8. The molecule has 100 valence electrons. The molecule has 2 aromatic rings. The van der Waals surface area contributed by atoms with Crippen molar-refractivity contribution in [2.45, 2.75) is 25.3 Å². The summed E-state index contributed by atoms with van der Waals surface area (Å²) in [5, 5.41) is 3.55. The standard InChI is InChI=1S/C18H18N2/c1-2-5-16-13(4-1)7-8-17(16)14-10-15(12-19-11-14)18-6-3-9-20-18/h1-2,4-5,8,10-12,18,20H,3,6-7,9H2/t18-/m0/s1. The van der Waals surface area contributed by atoms with Gasteiger partial charge in [0.15, 0.2) is 0 Å². The Labute approximate surface area is 119 Å². The van der Waals surface area contributed by atoms with E-state index in [2.05, 4.69) is 46.7 Å². The van der Waals surface area contributed by atoms with Gasteiger partial charge in [-0.25, -0.2) is 0 Å². The first-order chi connectivity index (χ1) is 9.92. The predicted octanol–water partition coefficient (Wildman–Crippen LogP) is 3.49. The van der Waals surface area contributed by atoms with Crippen LogP contribution in [0.1, 0.15) is 41.1 Å². The van der Waals surface area contributed by atoms with Crippen LogP contribution in [0.3, 0.4) is 0 Å². The lowest BCUT2D eigenvalue weighted by Crippen LogP contribution is -2.13. The molecule has 1 aliphatic carbocycles. The molecule has 1 saturated heterocycles. The first-order valence-electron chi connectivity index (χ1n) is 7.39. The summed E-state index contributed by atoms with van der Waals surface area (Å²) < 4.78 is 0. The molecule has 1 aromatic heterocycles. The molecular formula is C18H18N2. The van der Waals surface area contributed by atoms with E-state index < -0.39 is 0 Å². The van der Waals surface area contributed by atoms with Crippen molar-refractivity contribution in [1.29, 1.82) is 0 Å². The summed E-state index contributed by atoms with van der Waals surface area (Å²) in [5.74, 6) is 0. The van der Waals surface area contributed by atoms with E-state index >= 15 is 0 Å². The van der Waals surface area contributed by atoms with Gasteiger partial charge in [-0.15, -0.1) is 0 Å². The van der Waals surface area contributed by atoms with Crippen LogP contribution in [0.15, 0.2) is 48.8 Å². The highest BCUT2D eigenvalue weighted by molar-refractivity contribution is 5.84. The van der Waals surface area contributed by atoms with Crippen molar-refractivity contribution in [2.24, 2.45) is 0 Å². The average Bonchev–Trinajstić information content (AvgIpc) is 3.17. The molecule has 1 atom stereocenters. The van der Waals surface area contributed by atoms with Crippen molar-refractivity contribution in [3.05, 3.63) is 71.1 Å². The highest BCUT2D eigenvalue weighted by Gasteiger charge is 2.19. The third-order valence-electron chi connectivity index (χ3n) is 4.37. The molecule has 4 rings (SSSR count). The average molecular weight is 262 g/mol. The van der Waals surface area contributed by atoms with Gasteiger partial charge >= 0.3 is 0 Å². The third-order valence-corrected chi connectivity index (χ3v) is 4.37. The van der Waals surface area contributed by atoms with Crippen LogP contribution >= 0.6 is 0 Å².